The van der Waals surface area contributed by atoms with Gasteiger partial charge in [0, 0.05) is 24.7 Å². The first-order chi connectivity index (χ1) is 13.9. The average molecular weight is 401 g/mol. The quantitative estimate of drug-likeness (QED) is 0.516. The van der Waals surface area contributed by atoms with Crippen LogP contribution in [0, 0.1) is 15.9 Å². The second-order valence-corrected chi connectivity index (χ2v) is 6.53. The summed E-state index contributed by atoms with van der Waals surface area (Å²) in [6.45, 7) is 4.08. The Morgan fingerprint density at radius 1 is 1.14 bits per heavy atom. The van der Waals surface area contributed by atoms with E-state index in [4.69, 9.17) is 0 Å². The number of halogens is 1. The molecule has 154 valence electrons. The third kappa shape index (κ3) is 5.84. The maximum atomic E-state index is 13.2. The fraction of sp³-hybridized carbons (Fsp3) is 0.333. The van der Waals surface area contributed by atoms with E-state index in [9.17, 15) is 24.1 Å². The zero-order chi connectivity index (χ0) is 21.4. The molecule has 1 N–H and O–H groups in total. The van der Waals surface area contributed by atoms with Gasteiger partial charge < -0.3 is 10.2 Å². The Balaban J connectivity index is 2.34. The second-order valence-electron chi connectivity index (χ2n) is 6.53. The lowest BCUT2D eigenvalue weighted by atomic mass is 10.1. The second kappa shape index (κ2) is 10.3. The zero-order valence-electron chi connectivity index (χ0n) is 16.4. The number of benzene rings is 2. The number of amides is 2. The highest BCUT2D eigenvalue weighted by Gasteiger charge is 2.29. The van der Waals surface area contributed by atoms with E-state index in [1.54, 1.807) is 32.0 Å². The molecule has 29 heavy (non-hydrogen) atoms. The molecule has 8 heteroatoms. The summed E-state index contributed by atoms with van der Waals surface area (Å²) in [6.07, 6.45) is 0.157. The largest absolute Gasteiger partial charge is 0.355 e. The normalized spacial score (nSPS) is 11.6. The van der Waals surface area contributed by atoms with Gasteiger partial charge in [-0.05, 0) is 31.0 Å². The van der Waals surface area contributed by atoms with Crippen LogP contribution in [0.5, 0.6) is 0 Å². The number of carbonyl (C=O) groups is 2. The molecule has 0 aliphatic rings. The molecule has 0 saturated heterocycles. The average Bonchev–Trinajstić information content (AvgIpc) is 2.69. The van der Waals surface area contributed by atoms with Gasteiger partial charge >= 0.3 is 0 Å². The van der Waals surface area contributed by atoms with Crippen LogP contribution in [0.2, 0.25) is 0 Å². The van der Waals surface area contributed by atoms with E-state index >= 15 is 0 Å². The van der Waals surface area contributed by atoms with E-state index in [-0.39, 0.29) is 30.1 Å². The number of nitrogens with zero attached hydrogens (tertiary/aromatic N) is 2. The Bertz CT molecular complexity index is 870. The minimum absolute atomic E-state index is 0.0926. The SMILES string of the molecule is CCNC(=O)[C@H](CC)N(Cc1ccc(F)cc1)C(=O)Cc1ccccc1[N+](=O)[O-]. The van der Waals surface area contributed by atoms with Gasteiger partial charge in [0.25, 0.3) is 5.69 Å². The van der Waals surface area contributed by atoms with Crippen molar-refractivity contribution >= 4 is 17.5 Å². The molecule has 2 aromatic carbocycles. The van der Waals surface area contributed by atoms with Crippen LogP contribution in [-0.2, 0) is 22.6 Å². The van der Waals surface area contributed by atoms with Crippen LogP contribution in [0.3, 0.4) is 0 Å². The third-order valence-corrected chi connectivity index (χ3v) is 4.53. The number of nitrogens with one attached hydrogen (secondary N) is 1. The van der Waals surface area contributed by atoms with E-state index in [0.29, 0.717) is 18.5 Å². The lowest BCUT2D eigenvalue weighted by molar-refractivity contribution is -0.385. The molecule has 0 aromatic heterocycles. The molecule has 0 aliphatic heterocycles. The van der Waals surface area contributed by atoms with Crippen molar-refractivity contribution in [3.05, 3.63) is 75.6 Å². The number of rotatable bonds is 9. The molecule has 1 atom stereocenters. The number of nitro benzene ring substituents is 1. The fourth-order valence-corrected chi connectivity index (χ4v) is 3.10. The van der Waals surface area contributed by atoms with Crippen LogP contribution in [0.1, 0.15) is 31.4 Å². The van der Waals surface area contributed by atoms with Gasteiger partial charge in [0.2, 0.25) is 11.8 Å². The van der Waals surface area contributed by atoms with Crippen LogP contribution >= 0.6 is 0 Å². The van der Waals surface area contributed by atoms with Crippen molar-refractivity contribution in [2.75, 3.05) is 6.54 Å². The number of nitro groups is 1. The van der Waals surface area contributed by atoms with Crippen LogP contribution in [-0.4, -0.2) is 34.2 Å². The van der Waals surface area contributed by atoms with Crippen LogP contribution in [0.25, 0.3) is 0 Å². The molecule has 2 rings (SSSR count). The number of likely N-dealkylation sites (N-methyl/N-ethyl adjacent to an activating group) is 1. The third-order valence-electron chi connectivity index (χ3n) is 4.53. The summed E-state index contributed by atoms with van der Waals surface area (Å²) < 4.78 is 13.2. The Labute approximate surface area is 168 Å². The Morgan fingerprint density at radius 3 is 2.38 bits per heavy atom. The predicted molar refractivity (Wildman–Crippen MR) is 107 cm³/mol. The van der Waals surface area contributed by atoms with Gasteiger partial charge in [-0.2, -0.15) is 0 Å². The van der Waals surface area contributed by atoms with E-state index < -0.39 is 22.7 Å². The van der Waals surface area contributed by atoms with E-state index in [1.807, 2.05) is 0 Å². The molecule has 0 unspecified atom stereocenters. The van der Waals surface area contributed by atoms with E-state index in [2.05, 4.69) is 5.32 Å². The molecule has 0 saturated carbocycles. The number of hydrogen-bond acceptors (Lipinski definition) is 4. The van der Waals surface area contributed by atoms with Gasteiger partial charge in [0.15, 0.2) is 0 Å². The van der Waals surface area contributed by atoms with Gasteiger partial charge in [-0.15, -0.1) is 0 Å². The summed E-state index contributed by atoms with van der Waals surface area (Å²) in [5, 5.41) is 14.0. The highest BCUT2D eigenvalue weighted by atomic mass is 19.1. The van der Waals surface area contributed by atoms with Crippen molar-refractivity contribution in [1.82, 2.24) is 10.2 Å². The number of carbonyl (C=O) groups excluding carboxylic acids is 2. The Hall–Kier alpha value is -3.29. The molecule has 0 bridgehead atoms. The van der Waals surface area contributed by atoms with Crippen LogP contribution in [0.15, 0.2) is 48.5 Å². The molecular formula is C21H24FN3O4. The predicted octanol–water partition coefficient (Wildman–Crippen LogP) is 3.22. The Kier molecular flexibility index (Phi) is 7.82. The Morgan fingerprint density at radius 2 is 1.79 bits per heavy atom. The summed E-state index contributed by atoms with van der Waals surface area (Å²) >= 11 is 0. The lowest BCUT2D eigenvalue weighted by Crippen LogP contribution is -2.49. The van der Waals surface area contributed by atoms with Crippen LogP contribution in [0.4, 0.5) is 10.1 Å². The van der Waals surface area contributed by atoms with E-state index in [1.165, 1.54) is 35.2 Å². The minimum atomic E-state index is -0.740. The molecule has 0 spiro atoms. The first kappa shape index (κ1) is 22.0. The van der Waals surface area contributed by atoms with Crippen LogP contribution < -0.4 is 5.32 Å². The molecule has 0 aliphatic carbocycles. The number of para-hydroxylation sites is 1. The number of hydrogen-bond donors (Lipinski definition) is 1. The van der Waals surface area contributed by atoms with Crippen molar-refractivity contribution < 1.29 is 18.9 Å². The first-order valence-corrected chi connectivity index (χ1v) is 9.41. The summed E-state index contributed by atoms with van der Waals surface area (Å²) in [5.41, 5.74) is 0.788. The van der Waals surface area contributed by atoms with Crippen molar-refractivity contribution in [2.45, 2.75) is 39.3 Å². The standard InChI is InChI=1S/C21H24FN3O4/c1-3-18(21(27)23-4-2)24(14-15-9-11-17(22)12-10-15)20(26)13-16-7-5-6-8-19(16)25(28)29/h5-12,18H,3-4,13-14H2,1-2H3,(H,23,27)/t18-/m0/s1. The molecule has 0 radical (unpaired) electrons. The first-order valence-electron chi connectivity index (χ1n) is 9.41. The van der Waals surface area contributed by atoms with Gasteiger partial charge in [0.05, 0.1) is 11.3 Å². The van der Waals surface area contributed by atoms with Gasteiger partial charge in [0.1, 0.15) is 11.9 Å². The topological polar surface area (TPSA) is 92.6 Å². The maximum Gasteiger partial charge on any atom is 0.273 e. The van der Waals surface area contributed by atoms with Crippen molar-refractivity contribution in [3.63, 3.8) is 0 Å². The summed E-state index contributed by atoms with van der Waals surface area (Å²) in [5.74, 6) is -1.11. The highest BCUT2D eigenvalue weighted by molar-refractivity contribution is 5.88. The van der Waals surface area contributed by atoms with E-state index in [0.717, 1.165) is 0 Å². The van der Waals surface area contributed by atoms with Crippen molar-refractivity contribution in [2.24, 2.45) is 0 Å². The molecule has 2 aromatic rings. The van der Waals surface area contributed by atoms with Gasteiger partial charge in [-0.3, -0.25) is 19.7 Å². The smallest absolute Gasteiger partial charge is 0.273 e. The molecular weight excluding hydrogens is 377 g/mol. The summed E-state index contributed by atoms with van der Waals surface area (Å²) in [6, 6.07) is 11.0. The molecule has 2 amide bonds. The van der Waals surface area contributed by atoms with Gasteiger partial charge in [-0.1, -0.05) is 37.3 Å². The molecule has 7 nitrogen and oxygen atoms in total. The lowest BCUT2D eigenvalue weighted by Gasteiger charge is -2.30. The minimum Gasteiger partial charge on any atom is -0.355 e. The van der Waals surface area contributed by atoms with Gasteiger partial charge in [-0.25, -0.2) is 4.39 Å². The van der Waals surface area contributed by atoms with Crippen molar-refractivity contribution in [3.8, 4) is 0 Å². The zero-order valence-corrected chi connectivity index (χ0v) is 16.4. The fourth-order valence-electron chi connectivity index (χ4n) is 3.10. The summed E-state index contributed by atoms with van der Waals surface area (Å²) in [7, 11) is 0. The highest BCUT2D eigenvalue weighted by Crippen LogP contribution is 2.21. The summed E-state index contributed by atoms with van der Waals surface area (Å²) in [4.78, 5) is 37.8. The maximum absolute atomic E-state index is 13.2. The monoisotopic (exact) mass is 401 g/mol. The molecule has 0 fully saturated rings. The molecule has 0 heterocycles. The van der Waals surface area contributed by atoms with Crippen molar-refractivity contribution in [1.29, 1.82) is 0 Å².